The van der Waals surface area contributed by atoms with Gasteiger partial charge in [0.05, 0.1) is 12.6 Å². The minimum atomic E-state index is -0.506. The predicted molar refractivity (Wildman–Crippen MR) is 74.9 cm³/mol. The lowest BCUT2D eigenvalue weighted by Gasteiger charge is -2.19. The van der Waals surface area contributed by atoms with E-state index in [1.807, 2.05) is 31.2 Å². The van der Waals surface area contributed by atoms with Crippen molar-refractivity contribution >= 4 is 5.91 Å². The Balaban J connectivity index is 2.69. The molecule has 1 amide bonds. The van der Waals surface area contributed by atoms with E-state index in [0.717, 1.165) is 12.0 Å². The summed E-state index contributed by atoms with van der Waals surface area (Å²) in [4.78, 5) is 11.9. The van der Waals surface area contributed by atoms with Crippen molar-refractivity contribution in [1.82, 2.24) is 5.32 Å². The van der Waals surface area contributed by atoms with Crippen LogP contribution < -0.4 is 5.32 Å². The van der Waals surface area contributed by atoms with Crippen LogP contribution in [0.15, 0.2) is 24.3 Å². The van der Waals surface area contributed by atoms with Crippen molar-refractivity contribution in [2.24, 2.45) is 0 Å². The van der Waals surface area contributed by atoms with E-state index in [-0.39, 0.29) is 18.6 Å². The van der Waals surface area contributed by atoms with Crippen LogP contribution in [0.2, 0.25) is 0 Å². The zero-order valence-corrected chi connectivity index (χ0v) is 11.8. The molecule has 0 aliphatic carbocycles. The van der Waals surface area contributed by atoms with Crippen LogP contribution in [0.1, 0.15) is 37.9 Å². The topological polar surface area (TPSA) is 58.6 Å². The maximum Gasteiger partial charge on any atom is 0.249 e. The van der Waals surface area contributed by atoms with Gasteiger partial charge in [-0.2, -0.15) is 0 Å². The fourth-order valence-corrected chi connectivity index (χ4v) is 1.83. The Labute approximate surface area is 114 Å². The number of carbonyl (C=O) groups excluding carboxylic acids is 1. The number of nitrogens with one attached hydrogen (secondary N) is 1. The van der Waals surface area contributed by atoms with Gasteiger partial charge in [0.15, 0.2) is 0 Å². The molecule has 2 unspecified atom stereocenters. The van der Waals surface area contributed by atoms with Gasteiger partial charge in [-0.1, -0.05) is 31.2 Å². The summed E-state index contributed by atoms with van der Waals surface area (Å²) >= 11 is 0. The molecule has 1 aromatic rings. The van der Waals surface area contributed by atoms with Crippen molar-refractivity contribution in [3.63, 3.8) is 0 Å². The van der Waals surface area contributed by atoms with E-state index in [1.54, 1.807) is 6.92 Å². The maximum atomic E-state index is 11.9. The number of aliphatic hydroxyl groups is 1. The molecule has 0 bridgehead atoms. The van der Waals surface area contributed by atoms with E-state index in [9.17, 15) is 9.90 Å². The Morgan fingerprint density at radius 1 is 1.32 bits per heavy atom. The van der Waals surface area contributed by atoms with Crippen molar-refractivity contribution in [3.8, 4) is 0 Å². The summed E-state index contributed by atoms with van der Waals surface area (Å²) in [5.41, 5.74) is 2.13. The molecule has 0 fully saturated rings. The average molecular weight is 265 g/mol. The number of aryl methyl sites for hydroxylation is 1. The quantitative estimate of drug-likeness (QED) is 0.790. The molecule has 0 aliphatic rings. The van der Waals surface area contributed by atoms with Gasteiger partial charge in [-0.3, -0.25) is 4.79 Å². The van der Waals surface area contributed by atoms with E-state index < -0.39 is 6.10 Å². The van der Waals surface area contributed by atoms with Crippen LogP contribution >= 0.6 is 0 Å². The first kappa shape index (κ1) is 15.7. The summed E-state index contributed by atoms with van der Waals surface area (Å²) in [7, 11) is 0. The third-order valence-electron chi connectivity index (χ3n) is 3.08. The normalized spacial score (nSPS) is 13.9. The number of aliphatic hydroxyl groups excluding tert-OH is 1. The Morgan fingerprint density at radius 2 is 1.95 bits per heavy atom. The van der Waals surface area contributed by atoms with Gasteiger partial charge in [0, 0.05) is 6.61 Å². The lowest BCUT2D eigenvalue weighted by atomic mass is 10.0. The number of ether oxygens (including phenoxy) is 1. The summed E-state index contributed by atoms with van der Waals surface area (Å²) in [5.74, 6) is -0.208. The third-order valence-corrected chi connectivity index (χ3v) is 3.08. The highest BCUT2D eigenvalue weighted by Gasteiger charge is 2.18. The Bertz CT molecular complexity index is 389. The molecule has 0 aromatic heterocycles. The van der Waals surface area contributed by atoms with Gasteiger partial charge in [-0.25, -0.2) is 0 Å². The lowest BCUT2D eigenvalue weighted by molar-refractivity contribution is -0.132. The third kappa shape index (κ3) is 4.65. The number of hydrogen-bond acceptors (Lipinski definition) is 3. The molecule has 1 aromatic carbocycles. The minimum absolute atomic E-state index is 0.129. The highest BCUT2D eigenvalue weighted by Crippen LogP contribution is 2.14. The van der Waals surface area contributed by atoms with Crippen LogP contribution in [0.3, 0.4) is 0 Å². The summed E-state index contributed by atoms with van der Waals surface area (Å²) < 4.78 is 5.23. The number of rotatable bonds is 7. The molecule has 4 nitrogen and oxygen atoms in total. The highest BCUT2D eigenvalue weighted by atomic mass is 16.5. The summed E-state index contributed by atoms with van der Waals surface area (Å²) in [5, 5.41) is 12.2. The number of amides is 1. The van der Waals surface area contributed by atoms with E-state index in [4.69, 9.17) is 4.74 Å². The summed E-state index contributed by atoms with van der Waals surface area (Å²) in [6.45, 7) is 5.99. The first-order chi connectivity index (χ1) is 9.12. The van der Waals surface area contributed by atoms with Crippen molar-refractivity contribution in [1.29, 1.82) is 0 Å². The molecule has 2 atom stereocenters. The van der Waals surface area contributed by atoms with Gasteiger partial charge in [0.1, 0.15) is 6.10 Å². The number of hydrogen-bond donors (Lipinski definition) is 2. The van der Waals surface area contributed by atoms with Gasteiger partial charge < -0.3 is 15.2 Å². The molecule has 4 heteroatoms. The largest absolute Gasteiger partial charge is 0.394 e. The molecule has 0 saturated carbocycles. The van der Waals surface area contributed by atoms with E-state index in [1.165, 1.54) is 5.56 Å². The lowest BCUT2D eigenvalue weighted by Crippen LogP contribution is -2.38. The molecule has 19 heavy (non-hydrogen) atoms. The van der Waals surface area contributed by atoms with Crippen LogP contribution in [-0.2, 0) is 16.0 Å². The summed E-state index contributed by atoms with van der Waals surface area (Å²) in [6.07, 6.45) is 0.464. The van der Waals surface area contributed by atoms with Crippen LogP contribution in [0, 0.1) is 0 Å². The van der Waals surface area contributed by atoms with Crippen LogP contribution in [0.4, 0.5) is 0 Å². The molecular formula is C15H23NO3. The molecule has 0 aliphatic heterocycles. The molecule has 0 spiro atoms. The molecule has 106 valence electrons. The van der Waals surface area contributed by atoms with Gasteiger partial charge >= 0.3 is 0 Å². The Kier molecular flexibility index (Phi) is 6.53. The smallest absolute Gasteiger partial charge is 0.249 e. The minimum Gasteiger partial charge on any atom is -0.394 e. The SMILES string of the molecule is CCOC(C)C(=O)NC(CO)c1ccc(CC)cc1. The monoisotopic (exact) mass is 265 g/mol. The molecule has 2 N–H and O–H groups in total. The average Bonchev–Trinajstić information content (AvgIpc) is 2.45. The number of benzene rings is 1. The second kappa shape index (κ2) is 7.92. The summed E-state index contributed by atoms with van der Waals surface area (Å²) in [6, 6.07) is 7.50. The van der Waals surface area contributed by atoms with Crippen LogP contribution in [0.5, 0.6) is 0 Å². The fourth-order valence-electron chi connectivity index (χ4n) is 1.83. The molecule has 0 heterocycles. The Morgan fingerprint density at radius 3 is 2.42 bits per heavy atom. The van der Waals surface area contributed by atoms with E-state index in [0.29, 0.717) is 6.61 Å². The molecule has 1 rings (SSSR count). The molecule has 0 radical (unpaired) electrons. The maximum absolute atomic E-state index is 11.9. The second-order valence-corrected chi connectivity index (χ2v) is 4.44. The van der Waals surface area contributed by atoms with Crippen molar-refractivity contribution in [2.75, 3.05) is 13.2 Å². The second-order valence-electron chi connectivity index (χ2n) is 4.44. The predicted octanol–water partition coefficient (Wildman–Crippen LogP) is 1.82. The van der Waals surface area contributed by atoms with Gasteiger partial charge in [-0.15, -0.1) is 0 Å². The van der Waals surface area contributed by atoms with Crippen molar-refractivity contribution in [3.05, 3.63) is 35.4 Å². The van der Waals surface area contributed by atoms with Gasteiger partial charge in [-0.05, 0) is 31.4 Å². The standard InChI is InChI=1S/C15H23NO3/c1-4-12-6-8-13(9-7-12)14(10-17)16-15(18)11(3)19-5-2/h6-9,11,14,17H,4-5,10H2,1-3H3,(H,16,18). The van der Waals surface area contributed by atoms with Gasteiger partial charge in [0.2, 0.25) is 5.91 Å². The fraction of sp³-hybridized carbons (Fsp3) is 0.533. The zero-order chi connectivity index (χ0) is 14.3. The van der Waals surface area contributed by atoms with Gasteiger partial charge in [0.25, 0.3) is 0 Å². The molecular weight excluding hydrogens is 242 g/mol. The van der Waals surface area contributed by atoms with Crippen LogP contribution in [-0.4, -0.2) is 30.3 Å². The van der Waals surface area contributed by atoms with Crippen LogP contribution in [0.25, 0.3) is 0 Å². The van der Waals surface area contributed by atoms with E-state index in [2.05, 4.69) is 12.2 Å². The number of carbonyl (C=O) groups is 1. The van der Waals surface area contributed by atoms with Crippen molar-refractivity contribution < 1.29 is 14.6 Å². The first-order valence-electron chi connectivity index (χ1n) is 6.74. The van der Waals surface area contributed by atoms with E-state index >= 15 is 0 Å². The highest BCUT2D eigenvalue weighted by molar-refractivity contribution is 5.80. The molecule has 0 saturated heterocycles. The van der Waals surface area contributed by atoms with Crippen molar-refractivity contribution in [2.45, 2.75) is 39.3 Å². The first-order valence-corrected chi connectivity index (χ1v) is 6.74. The zero-order valence-electron chi connectivity index (χ0n) is 11.8. The Hall–Kier alpha value is -1.39.